The first-order chi connectivity index (χ1) is 10.1. The van der Waals surface area contributed by atoms with Gasteiger partial charge in [0.1, 0.15) is 5.83 Å². The highest BCUT2D eigenvalue weighted by atomic mass is 32.1. The average Bonchev–Trinajstić information content (AvgIpc) is 3.09. The smallest absolute Gasteiger partial charge is 0.158 e. The molecule has 1 aromatic carbocycles. The number of benzene rings is 1. The van der Waals surface area contributed by atoms with Crippen LogP contribution in [0.25, 0.3) is 16.2 Å². The second-order valence-corrected chi connectivity index (χ2v) is 6.85. The Morgan fingerprint density at radius 1 is 1.33 bits per heavy atom. The molecule has 0 atom stereocenters. The minimum atomic E-state index is -0.599. The number of ether oxygens (including phenoxy) is 2. The summed E-state index contributed by atoms with van der Waals surface area (Å²) >= 11 is 1.64. The van der Waals surface area contributed by atoms with E-state index in [0.717, 1.165) is 10.9 Å². The van der Waals surface area contributed by atoms with E-state index in [2.05, 4.69) is 6.07 Å². The molecule has 0 amide bonds. The van der Waals surface area contributed by atoms with Crippen LogP contribution in [0.2, 0.25) is 0 Å². The molecule has 0 bridgehead atoms. The third-order valence-electron chi connectivity index (χ3n) is 3.81. The van der Waals surface area contributed by atoms with Crippen LogP contribution in [0.4, 0.5) is 4.39 Å². The van der Waals surface area contributed by atoms with Crippen molar-refractivity contribution in [3.8, 4) is 0 Å². The van der Waals surface area contributed by atoms with Gasteiger partial charge in [-0.2, -0.15) is 0 Å². The average molecular weight is 306 g/mol. The van der Waals surface area contributed by atoms with Crippen LogP contribution >= 0.6 is 11.3 Å². The number of rotatable bonds is 4. The zero-order valence-electron chi connectivity index (χ0n) is 12.3. The van der Waals surface area contributed by atoms with Crippen LogP contribution in [0.1, 0.15) is 25.8 Å². The minimum Gasteiger partial charge on any atom is -0.350 e. The SMILES string of the molecule is CC(C)(CC1OCCO1)/C(F)=C\c1csc2ccccc12. The van der Waals surface area contributed by atoms with Crippen molar-refractivity contribution in [2.45, 2.75) is 26.6 Å². The molecule has 0 spiro atoms. The number of hydrogen-bond donors (Lipinski definition) is 0. The summed E-state index contributed by atoms with van der Waals surface area (Å²) < 4.78 is 26.7. The second-order valence-electron chi connectivity index (χ2n) is 5.94. The van der Waals surface area contributed by atoms with Crippen LogP contribution in [-0.2, 0) is 9.47 Å². The van der Waals surface area contributed by atoms with Gasteiger partial charge in [-0.3, -0.25) is 0 Å². The van der Waals surface area contributed by atoms with E-state index in [1.54, 1.807) is 17.4 Å². The molecule has 2 nitrogen and oxygen atoms in total. The van der Waals surface area contributed by atoms with Gasteiger partial charge in [0.05, 0.1) is 13.2 Å². The van der Waals surface area contributed by atoms with E-state index in [9.17, 15) is 4.39 Å². The van der Waals surface area contributed by atoms with Crippen molar-refractivity contribution >= 4 is 27.5 Å². The molecule has 0 saturated carbocycles. The number of allylic oxidation sites excluding steroid dienone is 1. The molecule has 0 unspecified atom stereocenters. The molecule has 0 N–H and O–H groups in total. The van der Waals surface area contributed by atoms with E-state index in [4.69, 9.17) is 9.47 Å². The topological polar surface area (TPSA) is 18.5 Å². The summed E-state index contributed by atoms with van der Waals surface area (Å²) in [5.74, 6) is -0.134. The van der Waals surface area contributed by atoms with E-state index in [1.165, 1.54) is 4.70 Å². The lowest BCUT2D eigenvalue weighted by atomic mass is 9.86. The minimum absolute atomic E-state index is 0.134. The van der Waals surface area contributed by atoms with Gasteiger partial charge < -0.3 is 9.47 Å². The van der Waals surface area contributed by atoms with Crippen LogP contribution < -0.4 is 0 Å². The van der Waals surface area contributed by atoms with Crippen molar-refractivity contribution in [1.29, 1.82) is 0 Å². The molecule has 0 aliphatic carbocycles. The molecular weight excluding hydrogens is 287 g/mol. The molecule has 1 aliphatic heterocycles. The van der Waals surface area contributed by atoms with Gasteiger partial charge in [-0.15, -0.1) is 11.3 Å². The van der Waals surface area contributed by atoms with Crippen LogP contribution in [0, 0.1) is 5.41 Å². The molecule has 2 heterocycles. The maximum Gasteiger partial charge on any atom is 0.158 e. The van der Waals surface area contributed by atoms with Crippen molar-refractivity contribution in [3.05, 3.63) is 41.0 Å². The lowest BCUT2D eigenvalue weighted by Gasteiger charge is -2.25. The third kappa shape index (κ3) is 3.18. The largest absolute Gasteiger partial charge is 0.350 e. The van der Waals surface area contributed by atoms with Crippen LogP contribution in [-0.4, -0.2) is 19.5 Å². The number of thiophene rings is 1. The summed E-state index contributed by atoms with van der Waals surface area (Å²) in [7, 11) is 0. The Labute approximate surface area is 128 Å². The fraction of sp³-hybridized carbons (Fsp3) is 0.412. The van der Waals surface area contributed by atoms with Crippen LogP contribution in [0.15, 0.2) is 35.5 Å². The first-order valence-corrected chi connectivity index (χ1v) is 8.01. The molecule has 112 valence electrons. The highest BCUT2D eigenvalue weighted by Crippen LogP contribution is 2.37. The Balaban J connectivity index is 1.83. The molecule has 1 fully saturated rings. The highest BCUT2D eigenvalue weighted by molar-refractivity contribution is 7.17. The monoisotopic (exact) mass is 306 g/mol. The summed E-state index contributed by atoms with van der Waals surface area (Å²) in [6.07, 6.45) is 1.88. The van der Waals surface area contributed by atoms with E-state index < -0.39 is 5.41 Å². The highest BCUT2D eigenvalue weighted by Gasteiger charge is 2.31. The van der Waals surface area contributed by atoms with Crippen molar-refractivity contribution in [2.24, 2.45) is 5.41 Å². The molecule has 3 rings (SSSR count). The zero-order valence-corrected chi connectivity index (χ0v) is 13.1. The summed E-state index contributed by atoms with van der Waals surface area (Å²) in [6.45, 7) is 4.97. The fourth-order valence-corrected chi connectivity index (χ4v) is 3.40. The van der Waals surface area contributed by atoms with Gasteiger partial charge in [0.25, 0.3) is 0 Å². The molecule has 1 aliphatic rings. The van der Waals surface area contributed by atoms with E-state index >= 15 is 0 Å². The lowest BCUT2D eigenvalue weighted by Crippen LogP contribution is -2.22. The Morgan fingerprint density at radius 2 is 2.05 bits per heavy atom. The predicted molar refractivity (Wildman–Crippen MR) is 85.0 cm³/mol. The van der Waals surface area contributed by atoms with Gasteiger partial charge in [-0.1, -0.05) is 32.0 Å². The molecule has 1 aromatic heterocycles. The second kappa shape index (κ2) is 5.87. The Morgan fingerprint density at radius 3 is 2.81 bits per heavy atom. The van der Waals surface area contributed by atoms with Gasteiger partial charge in [-0.05, 0) is 28.5 Å². The predicted octanol–water partition coefficient (Wildman–Crippen LogP) is 5.00. The van der Waals surface area contributed by atoms with Crippen molar-refractivity contribution < 1.29 is 13.9 Å². The molecule has 21 heavy (non-hydrogen) atoms. The summed E-state index contributed by atoms with van der Waals surface area (Å²) in [5, 5.41) is 3.10. The standard InChI is InChI=1S/C17H19FO2S/c1-17(2,10-16-19-7-8-20-16)15(18)9-12-11-21-14-6-4-3-5-13(12)14/h3-6,9,11,16H,7-8,10H2,1-2H3/b15-9+. The Kier molecular flexibility index (Phi) is 4.11. The molecular formula is C17H19FO2S. The van der Waals surface area contributed by atoms with Crippen molar-refractivity contribution in [1.82, 2.24) is 0 Å². The summed E-state index contributed by atoms with van der Waals surface area (Å²) in [4.78, 5) is 0. The van der Waals surface area contributed by atoms with Gasteiger partial charge in [0, 0.05) is 16.5 Å². The number of fused-ring (bicyclic) bond motifs is 1. The van der Waals surface area contributed by atoms with Gasteiger partial charge >= 0.3 is 0 Å². The number of halogens is 1. The summed E-state index contributed by atoms with van der Waals surface area (Å²) in [5.41, 5.74) is 0.340. The van der Waals surface area contributed by atoms with Crippen LogP contribution in [0.5, 0.6) is 0 Å². The first-order valence-electron chi connectivity index (χ1n) is 7.13. The quantitative estimate of drug-likeness (QED) is 0.791. The van der Waals surface area contributed by atoms with E-state index in [1.807, 2.05) is 37.4 Å². The van der Waals surface area contributed by atoms with Gasteiger partial charge in [0.15, 0.2) is 6.29 Å². The van der Waals surface area contributed by atoms with Crippen LogP contribution in [0.3, 0.4) is 0 Å². The molecule has 4 heteroatoms. The maximum atomic E-state index is 14.7. The maximum absolute atomic E-state index is 14.7. The summed E-state index contributed by atoms with van der Waals surface area (Å²) in [6, 6.07) is 8.07. The normalized spacial score (nSPS) is 17.8. The number of hydrogen-bond acceptors (Lipinski definition) is 3. The fourth-order valence-electron chi connectivity index (χ4n) is 2.48. The lowest BCUT2D eigenvalue weighted by molar-refractivity contribution is -0.0653. The van der Waals surface area contributed by atoms with Crippen molar-refractivity contribution in [2.75, 3.05) is 13.2 Å². The molecule has 1 saturated heterocycles. The van der Waals surface area contributed by atoms with Gasteiger partial charge in [0.2, 0.25) is 0 Å². The van der Waals surface area contributed by atoms with Gasteiger partial charge in [-0.25, -0.2) is 4.39 Å². The van der Waals surface area contributed by atoms with E-state index in [-0.39, 0.29) is 12.1 Å². The third-order valence-corrected chi connectivity index (χ3v) is 4.79. The first kappa shape index (κ1) is 14.7. The molecule has 0 radical (unpaired) electrons. The molecule has 2 aromatic rings. The van der Waals surface area contributed by atoms with Crippen molar-refractivity contribution in [3.63, 3.8) is 0 Å². The Hall–Kier alpha value is -1.23. The van der Waals surface area contributed by atoms with E-state index in [0.29, 0.717) is 19.6 Å². The Bertz CT molecular complexity index is 654. The zero-order chi connectivity index (χ0) is 14.9.